The standard InChI is InChI=1S/C23H33N5O2S/c1-16(2)23(30)28-12-8-6-4-5-7-11-24-14-19-13-18(9-10-20(19)28)22(29)25-15-21-17(3)26-27-31-21/h9-10,13,16,24H,4-8,11-12,14-15H2,1-3H3,(H,25,29). The average Bonchev–Trinajstić information content (AvgIpc) is 3.16. The van der Waals surface area contributed by atoms with Gasteiger partial charge < -0.3 is 15.5 Å². The Bertz CT molecular complexity index is 896. The molecule has 0 atom stereocenters. The van der Waals surface area contributed by atoms with Crippen LogP contribution in [0.3, 0.4) is 0 Å². The number of fused-ring (bicyclic) bond motifs is 1. The molecular weight excluding hydrogens is 410 g/mol. The molecule has 0 saturated carbocycles. The fraction of sp³-hybridized carbons (Fsp3) is 0.565. The Kier molecular flexibility index (Phi) is 8.54. The molecule has 31 heavy (non-hydrogen) atoms. The first-order valence-corrected chi connectivity index (χ1v) is 12.0. The van der Waals surface area contributed by atoms with Crippen LogP contribution in [-0.2, 0) is 17.9 Å². The number of aryl methyl sites for hydroxylation is 1. The van der Waals surface area contributed by atoms with Gasteiger partial charge in [-0.1, -0.05) is 37.6 Å². The Hall–Kier alpha value is -2.32. The predicted molar refractivity (Wildman–Crippen MR) is 124 cm³/mol. The Labute approximate surface area is 188 Å². The lowest BCUT2D eigenvalue weighted by molar-refractivity contribution is -0.121. The van der Waals surface area contributed by atoms with E-state index < -0.39 is 0 Å². The normalized spacial score (nSPS) is 15.7. The summed E-state index contributed by atoms with van der Waals surface area (Å²) in [6, 6.07) is 5.66. The second-order valence-electron chi connectivity index (χ2n) is 8.40. The first-order valence-electron chi connectivity index (χ1n) is 11.2. The largest absolute Gasteiger partial charge is 0.347 e. The van der Waals surface area contributed by atoms with Gasteiger partial charge in [0.2, 0.25) is 5.91 Å². The molecule has 0 aliphatic carbocycles. The summed E-state index contributed by atoms with van der Waals surface area (Å²) in [6.07, 6.45) is 5.67. The van der Waals surface area contributed by atoms with Crippen LogP contribution < -0.4 is 15.5 Å². The third-order valence-corrected chi connectivity index (χ3v) is 6.42. The number of nitrogens with zero attached hydrogens (tertiary/aromatic N) is 3. The van der Waals surface area contributed by atoms with E-state index in [2.05, 4.69) is 20.2 Å². The van der Waals surface area contributed by atoms with Crippen molar-refractivity contribution in [1.82, 2.24) is 20.2 Å². The molecule has 1 aliphatic heterocycles. The number of carbonyl (C=O) groups is 2. The second-order valence-corrected chi connectivity index (χ2v) is 9.24. The van der Waals surface area contributed by atoms with Gasteiger partial charge in [0.1, 0.15) is 0 Å². The smallest absolute Gasteiger partial charge is 0.251 e. The number of carbonyl (C=O) groups excluding carboxylic acids is 2. The molecule has 2 amide bonds. The van der Waals surface area contributed by atoms with Gasteiger partial charge in [0.05, 0.1) is 17.1 Å². The summed E-state index contributed by atoms with van der Waals surface area (Å²) in [5.41, 5.74) is 3.33. The molecule has 2 N–H and O–H groups in total. The number of rotatable bonds is 4. The van der Waals surface area contributed by atoms with Crippen molar-refractivity contribution in [3.63, 3.8) is 0 Å². The summed E-state index contributed by atoms with van der Waals surface area (Å²) in [6.45, 7) is 8.46. The van der Waals surface area contributed by atoms with Crippen molar-refractivity contribution in [3.8, 4) is 0 Å². The minimum absolute atomic E-state index is 0.0760. The van der Waals surface area contributed by atoms with E-state index in [0.29, 0.717) is 25.2 Å². The molecule has 3 rings (SSSR count). The number of hydrogen-bond acceptors (Lipinski definition) is 6. The van der Waals surface area contributed by atoms with E-state index in [9.17, 15) is 9.59 Å². The van der Waals surface area contributed by atoms with Gasteiger partial charge >= 0.3 is 0 Å². The monoisotopic (exact) mass is 443 g/mol. The molecular formula is C23H33N5O2S. The van der Waals surface area contributed by atoms with Gasteiger partial charge in [0.15, 0.2) is 0 Å². The SMILES string of the molecule is Cc1nnsc1CNC(=O)c1ccc2c(c1)CNCCCCCCCN2C(=O)C(C)C. The van der Waals surface area contributed by atoms with Crippen molar-refractivity contribution in [2.45, 2.75) is 66.0 Å². The Morgan fingerprint density at radius 3 is 2.71 bits per heavy atom. The third kappa shape index (κ3) is 6.33. The van der Waals surface area contributed by atoms with Crippen molar-refractivity contribution in [3.05, 3.63) is 39.9 Å². The van der Waals surface area contributed by atoms with Crippen LogP contribution in [0.2, 0.25) is 0 Å². The minimum Gasteiger partial charge on any atom is -0.347 e. The fourth-order valence-electron chi connectivity index (χ4n) is 3.74. The number of aromatic nitrogens is 2. The van der Waals surface area contributed by atoms with Gasteiger partial charge in [-0.15, -0.1) is 5.10 Å². The van der Waals surface area contributed by atoms with Crippen molar-refractivity contribution < 1.29 is 9.59 Å². The summed E-state index contributed by atoms with van der Waals surface area (Å²) < 4.78 is 3.91. The molecule has 0 bridgehead atoms. The fourth-order valence-corrected chi connectivity index (χ4v) is 4.31. The maximum absolute atomic E-state index is 13.0. The quantitative estimate of drug-likeness (QED) is 0.750. The summed E-state index contributed by atoms with van der Waals surface area (Å²) in [4.78, 5) is 28.6. The lowest BCUT2D eigenvalue weighted by Crippen LogP contribution is -2.36. The van der Waals surface area contributed by atoms with Crippen molar-refractivity contribution >= 4 is 29.0 Å². The minimum atomic E-state index is -0.136. The summed E-state index contributed by atoms with van der Waals surface area (Å²) in [5.74, 6) is -0.0833. The van der Waals surface area contributed by atoms with E-state index in [-0.39, 0.29) is 17.7 Å². The zero-order chi connectivity index (χ0) is 22.2. The van der Waals surface area contributed by atoms with E-state index in [1.54, 1.807) is 0 Å². The predicted octanol–water partition coefficient (Wildman–Crippen LogP) is 3.82. The zero-order valence-corrected chi connectivity index (χ0v) is 19.6. The summed E-state index contributed by atoms with van der Waals surface area (Å²) in [7, 11) is 0. The molecule has 2 heterocycles. The van der Waals surface area contributed by atoms with Gasteiger partial charge in [-0.25, -0.2) is 0 Å². The Morgan fingerprint density at radius 1 is 1.19 bits per heavy atom. The molecule has 0 spiro atoms. The molecule has 2 aromatic rings. The highest BCUT2D eigenvalue weighted by Gasteiger charge is 2.22. The number of benzene rings is 1. The van der Waals surface area contributed by atoms with Crippen LogP contribution in [-0.4, -0.2) is 34.5 Å². The van der Waals surface area contributed by atoms with Gasteiger partial charge in [-0.05, 0) is 61.6 Å². The lowest BCUT2D eigenvalue weighted by atomic mass is 10.0. The molecule has 1 aromatic carbocycles. The molecule has 1 aliphatic rings. The maximum atomic E-state index is 13.0. The van der Waals surface area contributed by atoms with Crippen LogP contribution in [0.15, 0.2) is 18.2 Å². The third-order valence-electron chi connectivity index (χ3n) is 5.60. The number of nitrogens with one attached hydrogen (secondary N) is 2. The number of hydrogen-bond donors (Lipinski definition) is 2. The first-order chi connectivity index (χ1) is 15.0. The van der Waals surface area contributed by atoms with E-state index in [1.807, 2.05) is 43.9 Å². The van der Waals surface area contributed by atoms with E-state index >= 15 is 0 Å². The summed E-state index contributed by atoms with van der Waals surface area (Å²) in [5, 5.41) is 10.4. The topological polar surface area (TPSA) is 87.2 Å². The van der Waals surface area contributed by atoms with Crippen LogP contribution in [0.25, 0.3) is 0 Å². The van der Waals surface area contributed by atoms with Crippen molar-refractivity contribution in [2.24, 2.45) is 5.92 Å². The number of anilines is 1. The van der Waals surface area contributed by atoms with E-state index in [0.717, 1.165) is 47.6 Å². The molecule has 0 fully saturated rings. The van der Waals surface area contributed by atoms with Crippen molar-refractivity contribution in [2.75, 3.05) is 18.0 Å². The van der Waals surface area contributed by atoms with Crippen LogP contribution in [0.1, 0.15) is 72.4 Å². The number of amides is 2. The summed E-state index contributed by atoms with van der Waals surface area (Å²) >= 11 is 1.30. The molecule has 8 heteroatoms. The highest BCUT2D eigenvalue weighted by atomic mass is 32.1. The van der Waals surface area contributed by atoms with Crippen LogP contribution in [0.4, 0.5) is 5.69 Å². The van der Waals surface area contributed by atoms with Crippen LogP contribution in [0.5, 0.6) is 0 Å². The molecule has 168 valence electrons. The van der Waals surface area contributed by atoms with Crippen molar-refractivity contribution in [1.29, 1.82) is 0 Å². The lowest BCUT2D eigenvalue weighted by Gasteiger charge is -2.28. The van der Waals surface area contributed by atoms with E-state index in [1.165, 1.54) is 24.4 Å². The maximum Gasteiger partial charge on any atom is 0.251 e. The molecule has 0 unspecified atom stereocenters. The van der Waals surface area contributed by atoms with E-state index in [4.69, 9.17) is 0 Å². The van der Waals surface area contributed by atoms with Gasteiger partial charge in [-0.3, -0.25) is 9.59 Å². The second kappa shape index (κ2) is 11.3. The molecule has 0 radical (unpaired) electrons. The van der Waals surface area contributed by atoms with Gasteiger partial charge in [0, 0.05) is 30.3 Å². The Morgan fingerprint density at radius 2 is 1.97 bits per heavy atom. The molecule has 0 saturated heterocycles. The highest BCUT2D eigenvalue weighted by molar-refractivity contribution is 7.05. The van der Waals surface area contributed by atoms with Gasteiger partial charge in [-0.2, -0.15) is 0 Å². The van der Waals surface area contributed by atoms with Gasteiger partial charge in [0.25, 0.3) is 5.91 Å². The Balaban J connectivity index is 1.84. The zero-order valence-electron chi connectivity index (χ0n) is 18.7. The molecule has 1 aromatic heterocycles. The first kappa shape index (κ1) is 23.3. The van der Waals surface area contributed by atoms with Crippen LogP contribution in [0, 0.1) is 12.8 Å². The molecule has 7 nitrogen and oxygen atoms in total. The van der Waals surface area contributed by atoms with Crippen LogP contribution >= 0.6 is 11.5 Å². The average molecular weight is 444 g/mol. The highest BCUT2D eigenvalue weighted by Crippen LogP contribution is 2.25.